The zero-order valence-corrected chi connectivity index (χ0v) is 8.72. The minimum atomic E-state index is -2.17. The fourth-order valence-corrected chi connectivity index (χ4v) is 0. The van der Waals surface area contributed by atoms with Crippen LogP contribution in [0.1, 0.15) is 6.92 Å². The fraction of sp³-hybridized carbons (Fsp3) is 0.667. The number of rotatable bonds is 0. The Balaban J connectivity index is -0.0000000339. The van der Waals surface area contributed by atoms with Crippen molar-refractivity contribution in [2.75, 3.05) is 7.11 Å². The van der Waals surface area contributed by atoms with Crippen molar-refractivity contribution in [1.82, 2.24) is 0 Å². The Morgan fingerprint density at radius 2 is 1.18 bits per heavy atom. The van der Waals surface area contributed by atoms with Crippen LogP contribution in [0.2, 0.25) is 0 Å². The molecule has 0 aromatic heterocycles. The number of carbonyl (C=O) groups is 1. The van der Waals surface area contributed by atoms with Crippen molar-refractivity contribution < 1.29 is 30.1 Å². The van der Waals surface area contributed by atoms with E-state index < -0.39 is 13.3 Å². The SMILES string of the molecule is CC(=O)O.CO.OB(O)O.[Na]. The second kappa shape index (κ2) is 22.4. The van der Waals surface area contributed by atoms with Gasteiger partial charge in [0.25, 0.3) is 5.97 Å². The molecule has 0 spiro atoms. The van der Waals surface area contributed by atoms with E-state index in [0.717, 1.165) is 14.0 Å². The summed E-state index contributed by atoms with van der Waals surface area (Å²) in [5.74, 6) is -0.833. The van der Waals surface area contributed by atoms with Gasteiger partial charge < -0.3 is 25.3 Å². The maximum atomic E-state index is 9.00. The third-order valence-electron chi connectivity index (χ3n) is 0. The monoisotopic (exact) mass is 177 g/mol. The first kappa shape index (κ1) is 22.5. The van der Waals surface area contributed by atoms with Crippen molar-refractivity contribution in [2.45, 2.75) is 6.92 Å². The molecule has 63 valence electrons. The molecule has 0 saturated heterocycles. The Morgan fingerprint density at radius 1 is 1.18 bits per heavy atom. The molecule has 11 heavy (non-hydrogen) atoms. The molecule has 0 aromatic rings. The second-order valence-corrected chi connectivity index (χ2v) is 0.865. The first-order valence-electron chi connectivity index (χ1n) is 2.15. The van der Waals surface area contributed by atoms with Crippen LogP contribution in [0.15, 0.2) is 0 Å². The van der Waals surface area contributed by atoms with E-state index in [1.54, 1.807) is 0 Å². The molecule has 0 amide bonds. The van der Waals surface area contributed by atoms with E-state index >= 15 is 0 Å². The average Bonchev–Trinajstić information content (AvgIpc) is 1.66. The Bertz CT molecular complexity index is 62.1. The van der Waals surface area contributed by atoms with Crippen molar-refractivity contribution in [1.29, 1.82) is 0 Å². The number of carboxylic acid groups (broad SMARTS) is 1. The van der Waals surface area contributed by atoms with Gasteiger partial charge in [-0.25, -0.2) is 0 Å². The van der Waals surface area contributed by atoms with Crippen LogP contribution >= 0.6 is 0 Å². The van der Waals surface area contributed by atoms with Crippen molar-refractivity contribution in [3.63, 3.8) is 0 Å². The van der Waals surface area contributed by atoms with Gasteiger partial charge in [-0.1, -0.05) is 0 Å². The quantitative estimate of drug-likeness (QED) is 0.256. The minimum absolute atomic E-state index is 0. The molecule has 0 aromatic carbocycles. The van der Waals surface area contributed by atoms with Gasteiger partial charge in [0.15, 0.2) is 0 Å². The zero-order valence-electron chi connectivity index (χ0n) is 6.72. The summed E-state index contributed by atoms with van der Waals surface area (Å²) >= 11 is 0. The van der Waals surface area contributed by atoms with Gasteiger partial charge in [-0.15, -0.1) is 0 Å². The molecule has 0 aliphatic carbocycles. The van der Waals surface area contributed by atoms with E-state index in [4.69, 9.17) is 30.1 Å². The van der Waals surface area contributed by atoms with Crippen molar-refractivity contribution in [2.24, 2.45) is 0 Å². The number of carboxylic acids is 1. The van der Waals surface area contributed by atoms with E-state index in [1.165, 1.54) is 0 Å². The Hall–Kier alpha value is 0.375. The van der Waals surface area contributed by atoms with Crippen LogP contribution in [0.5, 0.6) is 0 Å². The summed E-state index contributed by atoms with van der Waals surface area (Å²) in [6.07, 6.45) is 0. The van der Waals surface area contributed by atoms with Crippen molar-refractivity contribution in [3.05, 3.63) is 0 Å². The molecule has 0 aliphatic rings. The summed E-state index contributed by atoms with van der Waals surface area (Å²) in [5, 5.41) is 35.9. The molecule has 0 saturated carbocycles. The smallest absolute Gasteiger partial charge is 0.481 e. The molecular formula is C3H11BNaO6. The van der Waals surface area contributed by atoms with E-state index in [0.29, 0.717) is 0 Å². The normalized spacial score (nSPS) is 5.27. The van der Waals surface area contributed by atoms with Crippen molar-refractivity contribution >= 4 is 42.8 Å². The van der Waals surface area contributed by atoms with Gasteiger partial charge in [0.05, 0.1) is 0 Å². The minimum Gasteiger partial charge on any atom is -0.481 e. The van der Waals surface area contributed by atoms with Gasteiger partial charge in [-0.05, 0) is 0 Å². The van der Waals surface area contributed by atoms with Crippen LogP contribution in [0.25, 0.3) is 0 Å². The number of aliphatic hydroxyl groups is 1. The molecule has 1 radical (unpaired) electrons. The van der Waals surface area contributed by atoms with Gasteiger partial charge >= 0.3 is 7.32 Å². The van der Waals surface area contributed by atoms with Gasteiger partial charge in [-0.2, -0.15) is 0 Å². The molecule has 0 fully saturated rings. The second-order valence-electron chi connectivity index (χ2n) is 0.865. The van der Waals surface area contributed by atoms with Crippen LogP contribution in [0, 0.1) is 0 Å². The molecule has 0 rings (SSSR count). The number of hydrogen-bond donors (Lipinski definition) is 5. The van der Waals surface area contributed by atoms with E-state index in [1.807, 2.05) is 0 Å². The molecule has 0 heterocycles. The number of hydrogen-bond acceptors (Lipinski definition) is 5. The van der Waals surface area contributed by atoms with Crippen LogP contribution in [-0.2, 0) is 4.79 Å². The number of aliphatic hydroxyl groups excluding tert-OH is 1. The maximum Gasteiger partial charge on any atom is 0.631 e. The average molecular weight is 177 g/mol. The summed E-state index contributed by atoms with van der Waals surface area (Å²) in [4.78, 5) is 9.00. The largest absolute Gasteiger partial charge is 0.631 e. The molecule has 0 aliphatic heterocycles. The van der Waals surface area contributed by atoms with E-state index in [2.05, 4.69) is 0 Å². The number of aliphatic carboxylic acids is 1. The van der Waals surface area contributed by atoms with Crippen LogP contribution in [0.3, 0.4) is 0 Å². The third-order valence-corrected chi connectivity index (χ3v) is 0. The molecule has 0 bridgehead atoms. The van der Waals surface area contributed by atoms with Crippen LogP contribution in [0.4, 0.5) is 0 Å². The summed E-state index contributed by atoms with van der Waals surface area (Å²) in [5.41, 5.74) is 0. The topological polar surface area (TPSA) is 118 Å². The van der Waals surface area contributed by atoms with E-state index in [9.17, 15) is 0 Å². The third kappa shape index (κ3) is 5180. The van der Waals surface area contributed by atoms with Crippen LogP contribution < -0.4 is 0 Å². The molecule has 6 nitrogen and oxygen atoms in total. The summed E-state index contributed by atoms with van der Waals surface area (Å²) in [7, 11) is -1.17. The first-order chi connectivity index (χ1) is 4.46. The van der Waals surface area contributed by atoms with Gasteiger partial charge in [0.1, 0.15) is 0 Å². The standard InChI is InChI=1S/C2H4O2.CH4O.BH3O3.Na/c1-2(3)4;1-2;2-1(3)4;/h1H3,(H,3,4);2H,1H3;2-4H;. The predicted octanol–water partition coefficient (Wildman–Crippen LogP) is -2.73. The summed E-state index contributed by atoms with van der Waals surface area (Å²) in [6.45, 7) is 1.08. The maximum absolute atomic E-state index is 9.00. The molecular weight excluding hydrogens is 166 g/mol. The first-order valence-corrected chi connectivity index (χ1v) is 2.15. The van der Waals surface area contributed by atoms with Gasteiger partial charge in [0.2, 0.25) is 0 Å². The Labute approximate surface area is 87.0 Å². The van der Waals surface area contributed by atoms with Crippen molar-refractivity contribution in [3.8, 4) is 0 Å². The van der Waals surface area contributed by atoms with Gasteiger partial charge in [-0.3, -0.25) is 4.79 Å². The van der Waals surface area contributed by atoms with Gasteiger partial charge in [0, 0.05) is 43.6 Å². The van der Waals surface area contributed by atoms with E-state index in [-0.39, 0.29) is 29.6 Å². The Morgan fingerprint density at radius 3 is 1.18 bits per heavy atom. The summed E-state index contributed by atoms with van der Waals surface area (Å²) in [6, 6.07) is 0. The molecule has 0 unspecified atom stereocenters. The summed E-state index contributed by atoms with van der Waals surface area (Å²) < 4.78 is 0. The zero-order chi connectivity index (χ0) is 9.15. The van der Waals surface area contributed by atoms with Crippen LogP contribution in [-0.4, -0.2) is 75.2 Å². The fourth-order valence-electron chi connectivity index (χ4n) is 0. The Kier molecular flexibility index (Phi) is 45.9. The molecule has 5 N–H and O–H groups in total. The molecule has 8 heteroatoms. The predicted molar refractivity (Wildman–Crippen MR) is 39.6 cm³/mol. The molecule has 0 atom stereocenters.